The van der Waals surface area contributed by atoms with Gasteiger partial charge in [-0.15, -0.1) is 0 Å². The molecule has 2 heterocycles. The summed E-state index contributed by atoms with van der Waals surface area (Å²) in [6.45, 7) is 4.67. The number of hydrogen-bond donors (Lipinski definition) is 2. The fourth-order valence-electron chi connectivity index (χ4n) is 2.27. The zero-order chi connectivity index (χ0) is 15.2. The number of nitrogens with one attached hydrogen (secondary N) is 2. The summed E-state index contributed by atoms with van der Waals surface area (Å²) in [5.74, 6) is -0.312. The molecule has 0 saturated carbocycles. The zero-order valence-corrected chi connectivity index (χ0v) is 12.2. The maximum absolute atomic E-state index is 12.2. The highest BCUT2D eigenvalue weighted by molar-refractivity contribution is 6.39. The smallest absolute Gasteiger partial charge is 0.317 e. The number of hydrazone groups is 1. The Morgan fingerprint density at radius 3 is 2.43 bits per heavy atom. The van der Waals surface area contributed by atoms with Crippen molar-refractivity contribution in [2.24, 2.45) is 5.10 Å². The first-order valence-corrected chi connectivity index (χ1v) is 7.29. The lowest BCUT2D eigenvalue weighted by molar-refractivity contribution is -0.125. The number of piperazine rings is 1. The first kappa shape index (κ1) is 15.3. The Kier molecular flexibility index (Phi) is 5.13. The first-order chi connectivity index (χ1) is 10.1. The molecule has 1 fully saturated rings. The Hall–Kier alpha value is -2.12. The summed E-state index contributed by atoms with van der Waals surface area (Å²) in [5.41, 5.74) is 2.72. The van der Waals surface area contributed by atoms with Crippen LogP contribution in [0.15, 0.2) is 5.10 Å². The fourth-order valence-corrected chi connectivity index (χ4v) is 2.27. The number of amides is 4. The highest BCUT2D eigenvalue weighted by atomic mass is 16.2. The SMILES string of the molecule is CCCNC(=O)N1CCN(C(=O)C2=NNC(=O)CC2)CC1. The molecule has 4 amide bonds. The van der Waals surface area contributed by atoms with Crippen molar-refractivity contribution in [3.63, 3.8) is 0 Å². The molecule has 0 unspecified atom stereocenters. The van der Waals surface area contributed by atoms with Crippen LogP contribution in [0.5, 0.6) is 0 Å². The van der Waals surface area contributed by atoms with Crippen LogP contribution in [-0.4, -0.2) is 66.1 Å². The highest BCUT2D eigenvalue weighted by Crippen LogP contribution is 2.07. The topological polar surface area (TPSA) is 94.1 Å². The van der Waals surface area contributed by atoms with E-state index in [0.29, 0.717) is 51.3 Å². The first-order valence-electron chi connectivity index (χ1n) is 7.29. The molecule has 0 radical (unpaired) electrons. The second-order valence-corrected chi connectivity index (χ2v) is 5.10. The monoisotopic (exact) mass is 295 g/mol. The van der Waals surface area contributed by atoms with Crippen molar-refractivity contribution in [1.29, 1.82) is 0 Å². The maximum Gasteiger partial charge on any atom is 0.317 e. The number of nitrogens with zero attached hydrogens (tertiary/aromatic N) is 3. The van der Waals surface area contributed by atoms with Crippen LogP contribution in [0.4, 0.5) is 4.79 Å². The van der Waals surface area contributed by atoms with Crippen molar-refractivity contribution in [1.82, 2.24) is 20.5 Å². The van der Waals surface area contributed by atoms with Gasteiger partial charge in [0.25, 0.3) is 5.91 Å². The predicted octanol–water partition coefficient (Wildman–Crippen LogP) is -0.484. The van der Waals surface area contributed by atoms with E-state index in [1.807, 2.05) is 6.92 Å². The standard InChI is InChI=1S/C13H21N5O3/c1-2-5-14-13(21)18-8-6-17(7-9-18)12(20)10-3-4-11(19)16-15-10/h2-9H2,1H3,(H,14,21)(H,16,19). The molecule has 0 aromatic rings. The molecule has 8 heteroatoms. The summed E-state index contributed by atoms with van der Waals surface area (Å²) in [5, 5.41) is 6.64. The average molecular weight is 295 g/mol. The van der Waals surface area contributed by atoms with Gasteiger partial charge in [0, 0.05) is 45.6 Å². The summed E-state index contributed by atoms with van der Waals surface area (Å²) < 4.78 is 0. The molecule has 8 nitrogen and oxygen atoms in total. The molecule has 2 rings (SSSR count). The largest absolute Gasteiger partial charge is 0.338 e. The summed E-state index contributed by atoms with van der Waals surface area (Å²) in [6, 6.07) is -0.0776. The molecule has 0 atom stereocenters. The molecule has 2 aliphatic heterocycles. The number of hydrogen-bond acceptors (Lipinski definition) is 4. The Bertz CT molecular complexity index is 455. The Morgan fingerprint density at radius 2 is 1.86 bits per heavy atom. The van der Waals surface area contributed by atoms with Gasteiger partial charge in [0.2, 0.25) is 5.91 Å². The van der Waals surface area contributed by atoms with E-state index in [2.05, 4.69) is 15.8 Å². The third-order valence-corrected chi connectivity index (χ3v) is 3.53. The van der Waals surface area contributed by atoms with Gasteiger partial charge in [-0.3, -0.25) is 9.59 Å². The van der Waals surface area contributed by atoms with Gasteiger partial charge < -0.3 is 15.1 Å². The second-order valence-electron chi connectivity index (χ2n) is 5.10. The van der Waals surface area contributed by atoms with Gasteiger partial charge in [-0.05, 0) is 6.42 Å². The van der Waals surface area contributed by atoms with Gasteiger partial charge >= 0.3 is 6.03 Å². The molecule has 0 bridgehead atoms. The molecule has 0 spiro atoms. The van der Waals surface area contributed by atoms with Crippen LogP contribution in [0.25, 0.3) is 0 Å². The van der Waals surface area contributed by atoms with E-state index in [4.69, 9.17) is 0 Å². The van der Waals surface area contributed by atoms with Gasteiger partial charge in [0.05, 0.1) is 0 Å². The molecule has 0 aromatic heterocycles. The Morgan fingerprint density at radius 1 is 1.19 bits per heavy atom. The van der Waals surface area contributed by atoms with Crippen LogP contribution in [0.3, 0.4) is 0 Å². The summed E-state index contributed by atoms with van der Waals surface area (Å²) in [4.78, 5) is 38.5. The van der Waals surface area contributed by atoms with Crippen LogP contribution in [-0.2, 0) is 9.59 Å². The fraction of sp³-hybridized carbons (Fsp3) is 0.692. The summed E-state index contributed by atoms with van der Waals surface area (Å²) >= 11 is 0. The van der Waals surface area contributed by atoms with Gasteiger partial charge in [-0.2, -0.15) is 5.10 Å². The van der Waals surface area contributed by atoms with Crippen LogP contribution < -0.4 is 10.7 Å². The van der Waals surface area contributed by atoms with Gasteiger partial charge in [0.1, 0.15) is 5.71 Å². The van der Waals surface area contributed by atoms with E-state index in [1.165, 1.54) is 0 Å². The zero-order valence-electron chi connectivity index (χ0n) is 12.2. The number of carbonyl (C=O) groups is 3. The number of urea groups is 1. The van der Waals surface area contributed by atoms with E-state index in [0.717, 1.165) is 6.42 Å². The van der Waals surface area contributed by atoms with E-state index >= 15 is 0 Å². The van der Waals surface area contributed by atoms with E-state index in [-0.39, 0.29) is 17.8 Å². The third kappa shape index (κ3) is 3.93. The molecule has 2 aliphatic rings. The Labute approximate surface area is 123 Å². The van der Waals surface area contributed by atoms with Crippen LogP contribution in [0.1, 0.15) is 26.2 Å². The minimum Gasteiger partial charge on any atom is -0.338 e. The quantitative estimate of drug-likeness (QED) is 0.736. The van der Waals surface area contributed by atoms with Crippen molar-refractivity contribution >= 4 is 23.6 Å². The van der Waals surface area contributed by atoms with Crippen LogP contribution >= 0.6 is 0 Å². The third-order valence-electron chi connectivity index (χ3n) is 3.53. The number of carbonyl (C=O) groups excluding carboxylic acids is 3. The molecule has 0 aromatic carbocycles. The van der Waals surface area contributed by atoms with Crippen LogP contribution in [0.2, 0.25) is 0 Å². The lowest BCUT2D eigenvalue weighted by Crippen LogP contribution is -2.54. The van der Waals surface area contributed by atoms with Crippen molar-refractivity contribution in [3.05, 3.63) is 0 Å². The van der Waals surface area contributed by atoms with Crippen LogP contribution in [0, 0.1) is 0 Å². The van der Waals surface area contributed by atoms with Crippen molar-refractivity contribution in [2.75, 3.05) is 32.7 Å². The highest BCUT2D eigenvalue weighted by Gasteiger charge is 2.28. The molecule has 2 N–H and O–H groups in total. The normalized spacial score (nSPS) is 18.9. The lowest BCUT2D eigenvalue weighted by atomic mass is 10.1. The second kappa shape index (κ2) is 7.05. The Balaban J connectivity index is 1.82. The van der Waals surface area contributed by atoms with E-state index < -0.39 is 0 Å². The summed E-state index contributed by atoms with van der Waals surface area (Å²) in [6.07, 6.45) is 1.57. The molecular weight excluding hydrogens is 274 g/mol. The van der Waals surface area contributed by atoms with Gasteiger partial charge in [0.15, 0.2) is 0 Å². The molecule has 116 valence electrons. The van der Waals surface area contributed by atoms with Gasteiger partial charge in [-0.25, -0.2) is 10.2 Å². The van der Waals surface area contributed by atoms with Crippen molar-refractivity contribution in [3.8, 4) is 0 Å². The van der Waals surface area contributed by atoms with Crippen molar-refractivity contribution in [2.45, 2.75) is 26.2 Å². The molecule has 1 saturated heterocycles. The van der Waals surface area contributed by atoms with Crippen molar-refractivity contribution < 1.29 is 14.4 Å². The number of rotatable bonds is 3. The van der Waals surface area contributed by atoms with Gasteiger partial charge in [-0.1, -0.05) is 6.92 Å². The average Bonchev–Trinajstić information content (AvgIpc) is 2.53. The van der Waals surface area contributed by atoms with E-state index in [9.17, 15) is 14.4 Å². The minimum absolute atomic E-state index is 0.0776. The summed E-state index contributed by atoms with van der Waals surface area (Å²) in [7, 11) is 0. The van der Waals surface area contributed by atoms with E-state index in [1.54, 1.807) is 9.80 Å². The minimum atomic E-state index is -0.163. The molecule has 21 heavy (non-hydrogen) atoms. The lowest BCUT2D eigenvalue weighted by Gasteiger charge is -2.35. The predicted molar refractivity (Wildman–Crippen MR) is 76.7 cm³/mol. The molecular formula is C13H21N5O3. The maximum atomic E-state index is 12.2. The molecule has 0 aliphatic carbocycles.